The van der Waals surface area contributed by atoms with Gasteiger partial charge in [0.05, 0.1) is 30.0 Å². The van der Waals surface area contributed by atoms with Crippen molar-refractivity contribution < 1.29 is 24.8 Å². The highest BCUT2D eigenvalue weighted by atomic mass is 127. The number of allylic oxidation sites excluding steroid dienone is 1. The second-order valence-electron chi connectivity index (χ2n) is 8.23. The van der Waals surface area contributed by atoms with Gasteiger partial charge in [-0.1, -0.05) is 54.6 Å². The van der Waals surface area contributed by atoms with Crippen molar-refractivity contribution in [2.75, 3.05) is 14.2 Å². The van der Waals surface area contributed by atoms with Gasteiger partial charge >= 0.3 is 0 Å². The van der Waals surface area contributed by atoms with E-state index in [2.05, 4.69) is 29.2 Å². The number of rotatable bonds is 11. The Hall–Kier alpha value is -2.81. The zero-order chi connectivity index (χ0) is 25.4. The van der Waals surface area contributed by atoms with E-state index < -0.39 is 18.1 Å². The summed E-state index contributed by atoms with van der Waals surface area (Å²) in [5, 5.41) is 32.1. The van der Waals surface area contributed by atoms with E-state index in [1.165, 1.54) is 7.11 Å². The first-order valence-electron chi connectivity index (χ1n) is 11.3. The summed E-state index contributed by atoms with van der Waals surface area (Å²) in [6.45, 7) is 3.85. The maximum atomic E-state index is 11.0. The highest BCUT2D eigenvalue weighted by Crippen LogP contribution is 2.35. The molecule has 0 amide bonds. The van der Waals surface area contributed by atoms with Gasteiger partial charge < -0.3 is 24.8 Å². The molecule has 0 heterocycles. The monoisotopic (exact) mass is 586 g/mol. The van der Waals surface area contributed by atoms with Crippen LogP contribution in [0.2, 0.25) is 0 Å². The van der Waals surface area contributed by atoms with Gasteiger partial charge in [0, 0.05) is 5.92 Å². The Labute approximate surface area is 220 Å². The average Bonchev–Trinajstić information content (AvgIpc) is 2.89. The standard InChI is InChI=1S/C29H31IO5/c1-4-24(28(32)21-10-13-23(34-2)14-11-21)26(31)15-12-22(20-8-6-5-7-9-20)16-19-17-25(30)29(33)27(18-19)35-3/h4-11,13-14,16-18,24,26,28,31-33H,1,12,15H2,2-3H3/b22-16-/t24-,26-,28-/m1/s1. The van der Waals surface area contributed by atoms with Crippen molar-refractivity contribution in [2.24, 2.45) is 5.92 Å². The first kappa shape index (κ1) is 26.8. The van der Waals surface area contributed by atoms with Gasteiger partial charge in [0.25, 0.3) is 0 Å². The quantitative estimate of drug-likeness (QED) is 0.141. The molecule has 0 unspecified atom stereocenters. The molecule has 6 heteroatoms. The van der Waals surface area contributed by atoms with Crippen molar-refractivity contribution >= 4 is 34.2 Å². The number of hydrogen-bond donors (Lipinski definition) is 3. The second kappa shape index (κ2) is 12.8. The van der Waals surface area contributed by atoms with Crippen LogP contribution in [0.15, 0.2) is 79.4 Å². The summed E-state index contributed by atoms with van der Waals surface area (Å²) >= 11 is 2.08. The molecule has 0 aliphatic rings. The van der Waals surface area contributed by atoms with Gasteiger partial charge in [0.2, 0.25) is 0 Å². The Bertz CT molecular complexity index is 1140. The van der Waals surface area contributed by atoms with E-state index in [1.807, 2.05) is 42.5 Å². The van der Waals surface area contributed by atoms with Crippen molar-refractivity contribution in [3.05, 3.63) is 99.6 Å². The second-order valence-corrected chi connectivity index (χ2v) is 9.39. The molecule has 0 aliphatic heterocycles. The maximum Gasteiger partial charge on any atom is 0.171 e. The van der Waals surface area contributed by atoms with Gasteiger partial charge in [0.1, 0.15) is 5.75 Å². The Morgan fingerprint density at radius 3 is 2.29 bits per heavy atom. The molecule has 0 fully saturated rings. The molecule has 184 valence electrons. The molecule has 0 bridgehead atoms. The summed E-state index contributed by atoms with van der Waals surface area (Å²) in [6.07, 6.45) is 2.96. The van der Waals surface area contributed by atoms with Crippen LogP contribution in [-0.2, 0) is 0 Å². The summed E-state index contributed by atoms with van der Waals surface area (Å²) in [5.74, 6) is 0.693. The van der Waals surface area contributed by atoms with Gasteiger partial charge in [-0.05, 0) is 82.0 Å². The van der Waals surface area contributed by atoms with E-state index in [9.17, 15) is 15.3 Å². The Balaban J connectivity index is 1.83. The summed E-state index contributed by atoms with van der Waals surface area (Å²) in [6, 6.07) is 20.8. The van der Waals surface area contributed by atoms with Crippen LogP contribution in [-0.4, -0.2) is 35.6 Å². The van der Waals surface area contributed by atoms with Crippen LogP contribution in [0.1, 0.15) is 35.6 Å². The van der Waals surface area contributed by atoms with Crippen molar-refractivity contribution in [1.82, 2.24) is 0 Å². The van der Waals surface area contributed by atoms with Crippen LogP contribution in [0.3, 0.4) is 0 Å². The van der Waals surface area contributed by atoms with E-state index in [-0.39, 0.29) is 5.75 Å². The number of phenols is 1. The largest absolute Gasteiger partial charge is 0.504 e. The fraction of sp³-hybridized carbons (Fsp3) is 0.241. The highest BCUT2D eigenvalue weighted by molar-refractivity contribution is 14.1. The molecule has 3 aromatic carbocycles. The Kier molecular flexibility index (Phi) is 9.77. The zero-order valence-electron chi connectivity index (χ0n) is 19.9. The molecule has 3 atom stereocenters. The van der Waals surface area contributed by atoms with Gasteiger partial charge in [-0.3, -0.25) is 0 Å². The van der Waals surface area contributed by atoms with Crippen LogP contribution in [0.25, 0.3) is 11.6 Å². The van der Waals surface area contributed by atoms with Crippen LogP contribution >= 0.6 is 22.6 Å². The minimum Gasteiger partial charge on any atom is -0.504 e. The van der Waals surface area contributed by atoms with E-state index in [0.29, 0.717) is 33.5 Å². The summed E-state index contributed by atoms with van der Waals surface area (Å²) in [7, 11) is 3.12. The van der Waals surface area contributed by atoms with Gasteiger partial charge in [0.15, 0.2) is 11.5 Å². The van der Waals surface area contributed by atoms with E-state index in [0.717, 1.165) is 16.7 Å². The van der Waals surface area contributed by atoms with Crippen molar-refractivity contribution in [1.29, 1.82) is 0 Å². The van der Waals surface area contributed by atoms with Gasteiger partial charge in [-0.2, -0.15) is 0 Å². The number of ether oxygens (including phenoxy) is 2. The van der Waals surface area contributed by atoms with E-state index >= 15 is 0 Å². The normalized spacial score (nSPS) is 14.1. The molecule has 3 aromatic rings. The summed E-state index contributed by atoms with van der Waals surface area (Å²) < 4.78 is 11.2. The third-order valence-corrected chi connectivity index (χ3v) is 6.83. The molecule has 0 aromatic heterocycles. The third kappa shape index (κ3) is 6.87. The molecule has 0 aliphatic carbocycles. The minimum atomic E-state index is -0.888. The van der Waals surface area contributed by atoms with Crippen molar-refractivity contribution in [3.8, 4) is 17.2 Å². The molecule has 0 saturated heterocycles. The Morgan fingerprint density at radius 1 is 1.00 bits per heavy atom. The lowest BCUT2D eigenvalue weighted by atomic mass is 9.87. The van der Waals surface area contributed by atoms with E-state index in [4.69, 9.17) is 9.47 Å². The number of halogens is 1. The van der Waals surface area contributed by atoms with Crippen molar-refractivity contribution in [2.45, 2.75) is 25.0 Å². The number of aliphatic hydroxyl groups is 2. The topological polar surface area (TPSA) is 79.2 Å². The predicted octanol–water partition coefficient (Wildman–Crippen LogP) is 6.23. The fourth-order valence-corrected chi connectivity index (χ4v) is 4.63. The lowest BCUT2D eigenvalue weighted by molar-refractivity contribution is 0.0325. The summed E-state index contributed by atoms with van der Waals surface area (Å²) in [5.41, 5.74) is 3.64. The molecule has 5 nitrogen and oxygen atoms in total. The number of hydrogen-bond acceptors (Lipinski definition) is 5. The molecule has 35 heavy (non-hydrogen) atoms. The van der Waals surface area contributed by atoms with Gasteiger partial charge in [-0.15, -0.1) is 6.58 Å². The van der Waals surface area contributed by atoms with Crippen molar-refractivity contribution in [3.63, 3.8) is 0 Å². The Morgan fingerprint density at radius 2 is 1.69 bits per heavy atom. The first-order chi connectivity index (χ1) is 16.9. The number of aliphatic hydroxyl groups excluding tert-OH is 2. The van der Waals surface area contributed by atoms with Crippen LogP contribution in [0.5, 0.6) is 17.2 Å². The van der Waals surface area contributed by atoms with E-state index in [1.54, 1.807) is 43.5 Å². The molecule has 0 spiro atoms. The number of benzene rings is 3. The van der Waals surface area contributed by atoms with Crippen LogP contribution < -0.4 is 9.47 Å². The van der Waals surface area contributed by atoms with Crippen LogP contribution in [0, 0.1) is 9.49 Å². The van der Waals surface area contributed by atoms with Gasteiger partial charge in [-0.25, -0.2) is 0 Å². The smallest absolute Gasteiger partial charge is 0.171 e. The average molecular weight is 586 g/mol. The molecular formula is C29H31IO5. The molecule has 3 N–H and O–H groups in total. The number of methoxy groups -OCH3 is 2. The number of phenolic OH excluding ortho intramolecular Hbond substituents is 1. The lowest BCUT2D eigenvalue weighted by Crippen LogP contribution is -2.25. The molecule has 3 rings (SSSR count). The number of aromatic hydroxyl groups is 1. The minimum absolute atomic E-state index is 0.114. The summed E-state index contributed by atoms with van der Waals surface area (Å²) in [4.78, 5) is 0. The maximum absolute atomic E-state index is 11.0. The fourth-order valence-electron chi connectivity index (χ4n) is 4.00. The molecule has 0 saturated carbocycles. The molecular weight excluding hydrogens is 555 g/mol. The van der Waals surface area contributed by atoms with Crippen LogP contribution in [0.4, 0.5) is 0 Å². The first-order valence-corrected chi connectivity index (χ1v) is 12.4. The third-order valence-electron chi connectivity index (χ3n) is 6.00. The lowest BCUT2D eigenvalue weighted by Gasteiger charge is -2.26. The zero-order valence-corrected chi connectivity index (χ0v) is 22.1. The SMILES string of the molecule is C=C[C@H]([C@H](O)CC/C(=C/c1cc(I)c(O)c(OC)c1)c1ccccc1)[C@H](O)c1ccc(OC)cc1. The highest BCUT2D eigenvalue weighted by Gasteiger charge is 2.26. The molecule has 0 radical (unpaired) electrons. The predicted molar refractivity (Wildman–Crippen MR) is 149 cm³/mol.